The molecule has 148 valence electrons. The number of benzene rings is 3. The molecule has 2 N–H and O–H groups in total. The molecule has 3 amide bonds. The summed E-state index contributed by atoms with van der Waals surface area (Å²) in [5.74, 6) is 0.657. The molecule has 0 saturated heterocycles. The molecule has 0 aromatic heterocycles. The predicted octanol–water partition coefficient (Wildman–Crippen LogP) is 4.99. The Labute approximate surface area is 173 Å². The molecule has 0 aliphatic rings. The normalized spacial score (nSPS) is 10.2. The van der Waals surface area contributed by atoms with Crippen LogP contribution in [0.3, 0.4) is 0 Å². The highest BCUT2D eigenvalue weighted by Crippen LogP contribution is 2.37. The molecule has 0 aliphatic heterocycles. The lowest BCUT2D eigenvalue weighted by Crippen LogP contribution is -2.34. The molecule has 3 aromatic rings. The SMILES string of the molecule is COc1ccccc1-c1ccc(NC(=O)NC(=O)c2ccccc2Cl)cc1OC. The molecule has 7 heteroatoms. The second-order valence-electron chi connectivity index (χ2n) is 6.00. The highest BCUT2D eigenvalue weighted by atomic mass is 35.5. The first-order chi connectivity index (χ1) is 14.0. The van der Waals surface area contributed by atoms with E-state index in [-0.39, 0.29) is 10.6 Å². The zero-order chi connectivity index (χ0) is 20.8. The Morgan fingerprint density at radius 3 is 2.21 bits per heavy atom. The van der Waals surface area contributed by atoms with Crippen molar-refractivity contribution >= 4 is 29.2 Å². The first kappa shape index (κ1) is 20.2. The van der Waals surface area contributed by atoms with Gasteiger partial charge in [-0.05, 0) is 30.3 Å². The number of carbonyl (C=O) groups is 2. The molecule has 0 atom stereocenters. The van der Waals surface area contributed by atoms with E-state index in [0.717, 1.165) is 11.1 Å². The van der Waals surface area contributed by atoms with Gasteiger partial charge in [0.1, 0.15) is 11.5 Å². The summed E-state index contributed by atoms with van der Waals surface area (Å²) in [6, 6.07) is 18.5. The van der Waals surface area contributed by atoms with Crippen LogP contribution in [0.25, 0.3) is 11.1 Å². The maximum Gasteiger partial charge on any atom is 0.326 e. The zero-order valence-corrected chi connectivity index (χ0v) is 16.6. The van der Waals surface area contributed by atoms with Crippen LogP contribution in [-0.4, -0.2) is 26.2 Å². The predicted molar refractivity (Wildman–Crippen MR) is 113 cm³/mol. The molecule has 6 nitrogen and oxygen atoms in total. The third-order valence-electron chi connectivity index (χ3n) is 4.20. The van der Waals surface area contributed by atoms with Crippen LogP contribution >= 0.6 is 11.6 Å². The Bertz CT molecular complexity index is 1050. The molecule has 0 unspecified atom stereocenters. The van der Waals surface area contributed by atoms with Crippen LogP contribution in [0.2, 0.25) is 5.02 Å². The van der Waals surface area contributed by atoms with E-state index >= 15 is 0 Å². The van der Waals surface area contributed by atoms with Crippen molar-refractivity contribution in [3.8, 4) is 22.6 Å². The molecule has 0 bridgehead atoms. The lowest BCUT2D eigenvalue weighted by atomic mass is 10.0. The van der Waals surface area contributed by atoms with Crippen molar-refractivity contribution in [3.63, 3.8) is 0 Å². The average molecular weight is 411 g/mol. The first-order valence-electron chi connectivity index (χ1n) is 8.71. The lowest BCUT2D eigenvalue weighted by Gasteiger charge is -2.14. The van der Waals surface area contributed by atoms with Crippen LogP contribution < -0.4 is 20.1 Å². The Kier molecular flexibility index (Phi) is 6.36. The Balaban J connectivity index is 1.77. The monoisotopic (exact) mass is 410 g/mol. The molecule has 3 rings (SSSR count). The number of carbonyl (C=O) groups excluding carboxylic acids is 2. The van der Waals surface area contributed by atoms with Gasteiger partial charge >= 0.3 is 6.03 Å². The molecule has 0 saturated carbocycles. The van der Waals surface area contributed by atoms with Gasteiger partial charge in [0.15, 0.2) is 0 Å². The van der Waals surface area contributed by atoms with Crippen molar-refractivity contribution in [2.24, 2.45) is 0 Å². The van der Waals surface area contributed by atoms with Crippen molar-refractivity contribution in [1.82, 2.24) is 5.32 Å². The van der Waals surface area contributed by atoms with E-state index in [0.29, 0.717) is 17.2 Å². The number of urea groups is 1. The second kappa shape index (κ2) is 9.12. The summed E-state index contributed by atoms with van der Waals surface area (Å²) in [5.41, 5.74) is 2.35. The number of nitrogens with one attached hydrogen (secondary N) is 2. The molecule has 0 radical (unpaired) electrons. The number of ether oxygens (including phenoxy) is 2. The van der Waals surface area contributed by atoms with Gasteiger partial charge in [-0.15, -0.1) is 0 Å². The van der Waals surface area contributed by atoms with Crippen LogP contribution in [0, 0.1) is 0 Å². The number of anilines is 1. The topological polar surface area (TPSA) is 76.7 Å². The molecule has 0 aliphatic carbocycles. The van der Waals surface area contributed by atoms with Crippen molar-refractivity contribution in [2.75, 3.05) is 19.5 Å². The van der Waals surface area contributed by atoms with Gasteiger partial charge < -0.3 is 14.8 Å². The van der Waals surface area contributed by atoms with Gasteiger partial charge in [-0.25, -0.2) is 4.79 Å². The average Bonchev–Trinajstić information content (AvgIpc) is 2.73. The summed E-state index contributed by atoms with van der Waals surface area (Å²) in [5, 5.41) is 5.14. The number of hydrogen-bond acceptors (Lipinski definition) is 4. The van der Waals surface area contributed by atoms with E-state index in [4.69, 9.17) is 21.1 Å². The number of amides is 3. The Morgan fingerprint density at radius 1 is 0.828 bits per heavy atom. The van der Waals surface area contributed by atoms with Crippen molar-refractivity contribution in [3.05, 3.63) is 77.3 Å². The standard InChI is InChI=1S/C22H19ClN2O4/c1-28-19-10-6-4-7-15(19)16-12-11-14(13-20(16)29-2)24-22(27)25-21(26)17-8-3-5-9-18(17)23/h3-13H,1-2H3,(H2,24,25,26,27). The fraction of sp³-hybridized carbons (Fsp3) is 0.0909. The Hall–Kier alpha value is -3.51. The minimum Gasteiger partial charge on any atom is -0.496 e. The number of para-hydroxylation sites is 1. The van der Waals surface area contributed by atoms with Crippen LogP contribution in [-0.2, 0) is 0 Å². The van der Waals surface area contributed by atoms with Gasteiger partial charge in [0.25, 0.3) is 5.91 Å². The van der Waals surface area contributed by atoms with Crippen molar-refractivity contribution in [2.45, 2.75) is 0 Å². The first-order valence-corrected chi connectivity index (χ1v) is 9.09. The highest BCUT2D eigenvalue weighted by Gasteiger charge is 2.15. The third kappa shape index (κ3) is 4.67. The van der Waals surface area contributed by atoms with E-state index in [9.17, 15) is 9.59 Å². The van der Waals surface area contributed by atoms with Gasteiger partial charge in [-0.1, -0.05) is 41.9 Å². The third-order valence-corrected chi connectivity index (χ3v) is 4.53. The number of imide groups is 1. The largest absolute Gasteiger partial charge is 0.496 e. The summed E-state index contributed by atoms with van der Waals surface area (Å²) in [6.07, 6.45) is 0. The van der Waals surface area contributed by atoms with Crippen LogP contribution in [0.1, 0.15) is 10.4 Å². The minimum absolute atomic E-state index is 0.216. The van der Waals surface area contributed by atoms with Gasteiger partial charge in [0, 0.05) is 22.9 Å². The quantitative estimate of drug-likeness (QED) is 0.621. The number of rotatable bonds is 5. The molecule has 0 fully saturated rings. The van der Waals surface area contributed by atoms with Crippen LogP contribution in [0.5, 0.6) is 11.5 Å². The summed E-state index contributed by atoms with van der Waals surface area (Å²) in [7, 11) is 3.14. The number of hydrogen-bond donors (Lipinski definition) is 2. The molecular weight excluding hydrogens is 392 g/mol. The highest BCUT2D eigenvalue weighted by molar-refractivity contribution is 6.34. The fourth-order valence-corrected chi connectivity index (χ4v) is 3.06. The van der Waals surface area contributed by atoms with E-state index in [1.54, 1.807) is 44.6 Å². The summed E-state index contributed by atoms with van der Waals surface area (Å²) in [6.45, 7) is 0. The van der Waals surface area contributed by atoms with Crippen LogP contribution in [0.15, 0.2) is 66.7 Å². The van der Waals surface area contributed by atoms with E-state index in [1.807, 2.05) is 30.3 Å². The number of halogens is 1. The molecule has 0 spiro atoms. The Morgan fingerprint density at radius 2 is 1.48 bits per heavy atom. The van der Waals surface area contributed by atoms with Gasteiger partial charge in [0.05, 0.1) is 24.8 Å². The maximum atomic E-state index is 12.2. The van der Waals surface area contributed by atoms with Gasteiger partial charge in [-0.2, -0.15) is 0 Å². The molecule has 0 heterocycles. The summed E-state index contributed by atoms with van der Waals surface area (Å²) in [4.78, 5) is 24.4. The zero-order valence-electron chi connectivity index (χ0n) is 15.9. The van der Waals surface area contributed by atoms with Gasteiger partial charge in [-0.3, -0.25) is 10.1 Å². The smallest absolute Gasteiger partial charge is 0.326 e. The molecule has 3 aromatic carbocycles. The summed E-state index contributed by atoms with van der Waals surface area (Å²) < 4.78 is 10.9. The van der Waals surface area contributed by atoms with E-state index in [2.05, 4.69) is 10.6 Å². The second-order valence-corrected chi connectivity index (χ2v) is 6.41. The van der Waals surface area contributed by atoms with Crippen LogP contribution in [0.4, 0.5) is 10.5 Å². The van der Waals surface area contributed by atoms with Crippen molar-refractivity contribution < 1.29 is 19.1 Å². The van der Waals surface area contributed by atoms with E-state index in [1.165, 1.54) is 6.07 Å². The van der Waals surface area contributed by atoms with Crippen molar-refractivity contribution in [1.29, 1.82) is 0 Å². The molecular formula is C22H19ClN2O4. The number of methoxy groups -OCH3 is 2. The van der Waals surface area contributed by atoms with E-state index < -0.39 is 11.9 Å². The van der Waals surface area contributed by atoms with Gasteiger partial charge in [0.2, 0.25) is 0 Å². The summed E-state index contributed by atoms with van der Waals surface area (Å²) >= 11 is 5.98. The molecule has 29 heavy (non-hydrogen) atoms. The maximum absolute atomic E-state index is 12.2. The minimum atomic E-state index is -0.679. The fourth-order valence-electron chi connectivity index (χ4n) is 2.84. The lowest BCUT2D eigenvalue weighted by molar-refractivity contribution is 0.0967.